The van der Waals surface area contributed by atoms with Gasteiger partial charge < -0.3 is 15.4 Å². The van der Waals surface area contributed by atoms with Crippen LogP contribution in [0.5, 0.6) is 5.75 Å². The van der Waals surface area contributed by atoms with Gasteiger partial charge in [0.25, 0.3) is 0 Å². The van der Waals surface area contributed by atoms with E-state index in [0.717, 1.165) is 11.5 Å². The summed E-state index contributed by atoms with van der Waals surface area (Å²) in [4.78, 5) is 4.17. The number of aliphatic imine (C=N–C) groups is 1. The second-order valence-corrected chi connectivity index (χ2v) is 6.70. The summed E-state index contributed by atoms with van der Waals surface area (Å²) >= 11 is 18.1. The Labute approximate surface area is 171 Å². The predicted molar refractivity (Wildman–Crippen MR) is 108 cm³/mol. The van der Waals surface area contributed by atoms with Crippen molar-refractivity contribution in [1.82, 2.24) is 25.2 Å². The molecule has 0 bridgehead atoms. The van der Waals surface area contributed by atoms with E-state index in [1.807, 2.05) is 28.8 Å². The summed E-state index contributed by atoms with van der Waals surface area (Å²) in [6.07, 6.45) is 1.91. The van der Waals surface area contributed by atoms with Gasteiger partial charge in [-0.3, -0.25) is 9.39 Å². The van der Waals surface area contributed by atoms with Gasteiger partial charge in [0.2, 0.25) is 0 Å². The zero-order valence-electron chi connectivity index (χ0n) is 14.4. The zero-order chi connectivity index (χ0) is 19.2. The van der Waals surface area contributed by atoms with Crippen LogP contribution in [0.25, 0.3) is 5.65 Å². The molecule has 0 saturated heterocycles. The lowest BCUT2D eigenvalue weighted by Gasteiger charge is -2.13. The van der Waals surface area contributed by atoms with E-state index < -0.39 is 0 Å². The summed E-state index contributed by atoms with van der Waals surface area (Å²) < 4.78 is 7.54. The van der Waals surface area contributed by atoms with Crippen molar-refractivity contribution in [2.75, 3.05) is 20.2 Å². The van der Waals surface area contributed by atoms with Crippen molar-refractivity contribution >= 4 is 46.4 Å². The quantitative estimate of drug-likeness (QED) is 0.358. The van der Waals surface area contributed by atoms with E-state index in [4.69, 9.17) is 39.5 Å². The van der Waals surface area contributed by atoms with Gasteiger partial charge in [-0.05, 0) is 24.3 Å². The number of rotatable bonds is 6. The lowest BCUT2D eigenvalue weighted by molar-refractivity contribution is 0.322. The molecule has 0 atom stereocenters. The maximum atomic E-state index is 6.09. The van der Waals surface area contributed by atoms with Crippen LogP contribution in [-0.4, -0.2) is 40.8 Å². The zero-order valence-corrected chi connectivity index (χ0v) is 16.7. The van der Waals surface area contributed by atoms with E-state index in [9.17, 15) is 0 Å². The standard InChI is InChI=1S/C17H17Cl3N6O/c1-21-17(23-10-15-25-24-14-4-2-3-6-26(14)15)22-5-7-27-16-12(19)8-11(18)9-13(16)20/h2-4,6,8-9H,5,7,10H2,1H3,(H2,21,22,23). The van der Waals surface area contributed by atoms with Crippen LogP contribution < -0.4 is 15.4 Å². The fourth-order valence-electron chi connectivity index (χ4n) is 2.38. The topological polar surface area (TPSA) is 75.8 Å². The normalized spacial score (nSPS) is 11.6. The molecule has 1 aromatic carbocycles. The monoisotopic (exact) mass is 426 g/mol. The van der Waals surface area contributed by atoms with Crippen molar-refractivity contribution in [2.24, 2.45) is 4.99 Å². The van der Waals surface area contributed by atoms with Gasteiger partial charge in [0.1, 0.15) is 6.61 Å². The third-order valence-corrected chi connectivity index (χ3v) is 4.41. The lowest BCUT2D eigenvalue weighted by atomic mass is 10.3. The van der Waals surface area contributed by atoms with Gasteiger partial charge in [0, 0.05) is 18.3 Å². The van der Waals surface area contributed by atoms with Gasteiger partial charge in [-0.15, -0.1) is 10.2 Å². The number of nitrogens with zero attached hydrogens (tertiary/aromatic N) is 4. The van der Waals surface area contributed by atoms with Gasteiger partial charge in [-0.25, -0.2) is 0 Å². The van der Waals surface area contributed by atoms with E-state index in [-0.39, 0.29) is 0 Å². The molecule has 0 aliphatic carbocycles. The molecule has 27 heavy (non-hydrogen) atoms. The molecule has 7 nitrogen and oxygen atoms in total. The first kappa shape index (κ1) is 19.5. The Morgan fingerprint density at radius 2 is 1.93 bits per heavy atom. The van der Waals surface area contributed by atoms with Crippen LogP contribution in [0.3, 0.4) is 0 Å². The van der Waals surface area contributed by atoms with Gasteiger partial charge in [-0.1, -0.05) is 40.9 Å². The number of hydrogen-bond acceptors (Lipinski definition) is 4. The number of aromatic nitrogens is 3. The molecule has 0 aliphatic heterocycles. The molecule has 0 saturated carbocycles. The molecule has 0 amide bonds. The van der Waals surface area contributed by atoms with Gasteiger partial charge in [0.15, 0.2) is 23.2 Å². The van der Waals surface area contributed by atoms with Crippen LogP contribution in [0.4, 0.5) is 0 Å². The molecule has 3 aromatic rings. The minimum absolute atomic E-state index is 0.343. The number of fused-ring (bicyclic) bond motifs is 1. The second kappa shape index (κ2) is 9.12. The summed E-state index contributed by atoms with van der Waals surface area (Å²) in [7, 11) is 1.69. The summed E-state index contributed by atoms with van der Waals surface area (Å²) in [6.45, 7) is 1.31. The molecule has 0 unspecified atom stereocenters. The largest absolute Gasteiger partial charge is 0.489 e. The molecule has 0 spiro atoms. The fourth-order valence-corrected chi connectivity index (χ4v) is 3.31. The van der Waals surface area contributed by atoms with Crippen molar-refractivity contribution in [1.29, 1.82) is 0 Å². The first-order valence-electron chi connectivity index (χ1n) is 8.09. The fraction of sp³-hybridized carbons (Fsp3) is 0.235. The number of halogens is 3. The van der Waals surface area contributed by atoms with Gasteiger partial charge in [0.05, 0.1) is 23.1 Å². The SMILES string of the molecule is CN=C(NCCOc1c(Cl)cc(Cl)cc1Cl)NCc1nnc2ccccn12. The molecule has 2 aromatic heterocycles. The van der Waals surface area contributed by atoms with Crippen molar-refractivity contribution in [2.45, 2.75) is 6.54 Å². The summed E-state index contributed by atoms with van der Waals surface area (Å²) in [5, 5.41) is 15.8. The molecule has 3 rings (SSSR count). The Morgan fingerprint density at radius 3 is 2.67 bits per heavy atom. The number of guanidine groups is 1. The van der Waals surface area contributed by atoms with Crippen LogP contribution in [0, 0.1) is 0 Å². The Kier molecular flexibility index (Phi) is 6.60. The Balaban J connectivity index is 1.49. The smallest absolute Gasteiger partial charge is 0.191 e. The molecule has 0 fully saturated rings. The van der Waals surface area contributed by atoms with Crippen LogP contribution in [-0.2, 0) is 6.54 Å². The highest BCUT2D eigenvalue weighted by atomic mass is 35.5. The highest BCUT2D eigenvalue weighted by molar-refractivity contribution is 6.40. The predicted octanol–water partition coefficient (Wildman–Crippen LogP) is 3.43. The minimum Gasteiger partial charge on any atom is -0.489 e. The number of nitrogens with one attached hydrogen (secondary N) is 2. The van der Waals surface area contributed by atoms with Crippen LogP contribution in [0.2, 0.25) is 15.1 Å². The van der Waals surface area contributed by atoms with E-state index in [2.05, 4.69) is 25.8 Å². The highest BCUT2D eigenvalue weighted by Gasteiger charge is 2.09. The van der Waals surface area contributed by atoms with Gasteiger partial charge in [-0.2, -0.15) is 0 Å². The van der Waals surface area contributed by atoms with Crippen LogP contribution >= 0.6 is 34.8 Å². The summed E-state index contributed by atoms with van der Waals surface area (Å²) in [5.41, 5.74) is 0.794. The Bertz CT molecular complexity index is 936. The van der Waals surface area contributed by atoms with E-state index in [1.165, 1.54) is 0 Å². The molecule has 2 heterocycles. The number of ether oxygens (including phenoxy) is 1. The first-order valence-corrected chi connectivity index (χ1v) is 9.22. The van der Waals surface area contributed by atoms with E-state index in [1.54, 1.807) is 19.2 Å². The van der Waals surface area contributed by atoms with E-state index in [0.29, 0.717) is 46.5 Å². The van der Waals surface area contributed by atoms with Crippen molar-refractivity contribution in [3.63, 3.8) is 0 Å². The van der Waals surface area contributed by atoms with Crippen molar-refractivity contribution in [3.8, 4) is 5.75 Å². The van der Waals surface area contributed by atoms with Crippen LogP contribution in [0.15, 0.2) is 41.5 Å². The summed E-state index contributed by atoms with van der Waals surface area (Å²) in [6, 6.07) is 8.91. The molecule has 10 heteroatoms. The van der Waals surface area contributed by atoms with Crippen LogP contribution in [0.1, 0.15) is 5.82 Å². The number of benzene rings is 1. The third-order valence-electron chi connectivity index (χ3n) is 3.63. The van der Waals surface area contributed by atoms with Gasteiger partial charge >= 0.3 is 0 Å². The lowest BCUT2D eigenvalue weighted by Crippen LogP contribution is -2.39. The number of pyridine rings is 1. The Hall–Kier alpha value is -2.22. The van der Waals surface area contributed by atoms with E-state index >= 15 is 0 Å². The number of hydrogen-bond donors (Lipinski definition) is 2. The van der Waals surface area contributed by atoms with Crippen molar-refractivity contribution < 1.29 is 4.74 Å². The summed E-state index contributed by atoms with van der Waals surface area (Å²) in [5.74, 6) is 1.80. The average molecular weight is 428 g/mol. The molecular weight excluding hydrogens is 411 g/mol. The molecule has 2 N–H and O–H groups in total. The Morgan fingerprint density at radius 1 is 1.15 bits per heavy atom. The molecular formula is C17H17Cl3N6O. The average Bonchev–Trinajstić information content (AvgIpc) is 3.06. The maximum absolute atomic E-state index is 6.09. The third kappa shape index (κ3) is 4.94. The highest BCUT2D eigenvalue weighted by Crippen LogP contribution is 2.35. The first-order chi connectivity index (χ1) is 13.1. The maximum Gasteiger partial charge on any atom is 0.191 e. The van der Waals surface area contributed by atoms with Crippen molar-refractivity contribution in [3.05, 3.63) is 57.4 Å². The second-order valence-electron chi connectivity index (χ2n) is 5.44. The minimum atomic E-state index is 0.343. The molecule has 142 valence electrons. The molecule has 0 aliphatic rings. The molecule has 0 radical (unpaired) electrons.